The van der Waals surface area contributed by atoms with Crippen molar-refractivity contribution < 1.29 is 0 Å². The maximum atomic E-state index is 8.95. The van der Waals surface area contributed by atoms with Gasteiger partial charge < -0.3 is 0 Å². The van der Waals surface area contributed by atoms with Crippen molar-refractivity contribution in [1.29, 1.82) is 5.26 Å². The lowest BCUT2D eigenvalue weighted by molar-refractivity contribution is 0.782. The lowest BCUT2D eigenvalue weighted by Gasteiger charge is -2.02. The van der Waals surface area contributed by atoms with Gasteiger partial charge in [-0.3, -0.25) is 4.57 Å². The molecule has 3 aromatic rings. The van der Waals surface area contributed by atoms with E-state index in [0.717, 1.165) is 11.3 Å². The summed E-state index contributed by atoms with van der Waals surface area (Å²) in [5.41, 5.74) is 1.44. The third-order valence-corrected chi connectivity index (χ3v) is 3.85. The van der Waals surface area contributed by atoms with Crippen LogP contribution >= 0.6 is 22.9 Å². The van der Waals surface area contributed by atoms with Crippen LogP contribution in [0.1, 0.15) is 10.7 Å². The third kappa shape index (κ3) is 2.33. The van der Waals surface area contributed by atoms with Crippen LogP contribution in [0, 0.1) is 11.3 Å². The van der Waals surface area contributed by atoms with E-state index in [9.17, 15) is 0 Å². The van der Waals surface area contributed by atoms with Crippen molar-refractivity contribution in [2.75, 3.05) is 0 Å². The molecule has 0 fully saturated rings. The summed E-state index contributed by atoms with van der Waals surface area (Å²) in [7, 11) is 0. The predicted molar refractivity (Wildman–Crippen MR) is 75.3 cm³/mol. The lowest BCUT2D eigenvalue weighted by atomic mass is 10.3. The Morgan fingerprint density at radius 1 is 1.47 bits per heavy atom. The average Bonchev–Trinajstić information content (AvgIpc) is 2.99. The Labute approximate surface area is 118 Å². The van der Waals surface area contributed by atoms with Crippen molar-refractivity contribution >= 4 is 34.1 Å². The van der Waals surface area contributed by atoms with Crippen molar-refractivity contribution in [3.63, 3.8) is 0 Å². The van der Waals surface area contributed by atoms with Crippen LogP contribution in [0.3, 0.4) is 0 Å². The second-order valence-electron chi connectivity index (χ2n) is 4.02. The van der Waals surface area contributed by atoms with E-state index in [2.05, 4.69) is 22.1 Å². The fourth-order valence-electron chi connectivity index (χ4n) is 1.97. The van der Waals surface area contributed by atoms with E-state index in [1.165, 1.54) is 4.88 Å². The first-order chi connectivity index (χ1) is 9.28. The van der Waals surface area contributed by atoms with E-state index in [1.807, 2.05) is 16.0 Å². The molecular weight excluding hydrogens is 280 g/mol. The molecule has 0 atom stereocenters. The molecule has 4 nitrogen and oxygen atoms in total. The van der Waals surface area contributed by atoms with Gasteiger partial charge >= 0.3 is 0 Å². The molecule has 3 rings (SSSR count). The normalized spacial score (nSPS) is 10.7. The first kappa shape index (κ1) is 12.2. The maximum Gasteiger partial charge on any atom is 0.161 e. The summed E-state index contributed by atoms with van der Waals surface area (Å²) in [6, 6.07) is 7.99. The molecule has 6 heteroatoms. The van der Waals surface area contributed by atoms with Crippen molar-refractivity contribution in [2.24, 2.45) is 0 Å². The number of halogens is 1. The number of rotatable bonds is 3. The van der Waals surface area contributed by atoms with E-state index in [0.29, 0.717) is 17.1 Å². The maximum absolute atomic E-state index is 8.95. The van der Waals surface area contributed by atoms with Crippen molar-refractivity contribution in [3.8, 4) is 6.07 Å². The second-order valence-corrected chi connectivity index (χ2v) is 5.49. The highest BCUT2D eigenvalue weighted by atomic mass is 35.5. The molecule has 0 saturated carbocycles. The molecule has 94 valence electrons. The summed E-state index contributed by atoms with van der Waals surface area (Å²) in [6.45, 7) is 0.242. The second kappa shape index (κ2) is 5.00. The van der Waals surface area contributed by atoms with Gasteiger partial charge in [0, 0.05) is 17.5 Å². The number of fused-ring (bicyclic) bond motifs is 1. The van der Waals surface area contributed by atoms with Gasteiger partial charge in [0.2, 0.25) is 0 Å². The van der Waals surface area contributed by atoms with E-state index in [1.54, 1.807) is 23.6 Å². The van der Waals surface area contributed by atoms with E-state index < -0.39 is 0 Å². The Morgan fingerprint density at radius 2 is 2.37 bits per heavy atom. The minimum absolute atomic E-state index is 0.242. The van der Waals surface area contributed by atoms with Gasteiger partial charge in [-0.25, -0.2) is 9.97 Å². The fourth-order valence-corrected chi connectivity index (χ4v) is 2.83. The monoisotopic (exact) mass is 288 g/mol. The molecule has 0 aliphatic carbocycles. The summed E-state index contributed by atoms with van der Waals surface area (Å²) in [5.74, 6) is 0.841. The van der Waals surface area contributed by atoms with Crippen molar-refractivity contribution in [1.82, 2.24) is 14.5 Å². The molecule has 0 radical (unpaired) electrons. The quantitative estimate of drug-likeness (QED) is 0.743. The Hall–Kier alpha value is -1.90. The molecule has 0 saturated heterocycles. The molecule has 0 unspecified atom stereocenters. The van der Waals surface area contributed by atoms with Crippen LogP contribution < -0.4 is 0 Å². The first-order valence-electron chi connectivity index (χ1n) is 5.68. The molecule has 0 N–H and O–H groups in total. The highest BCUT2D eigenvalue weighted by Gasteiger charge is 2.12. The van der Waals surface area contributed by atoms with Crippen LogP contribution in [0.4, 0.5) is 0 Å². The number of imidazole rings is 1. The molecule has 0 bridgehead atoms. The lowest BCUT2D eigenvalue weighted by Crippen LogP contribution is -2.03. The summed E-state index contributed by atoms with van der Waals surface area (Å²) in [6.07, 6.45) is 2.28. The van der Waals surface area contributed by atoms with E-state index in [-0.39, 0.29) is 6.54 Å². The van der Waals surface area contributed by atoms with Gasteiger partial charge in [-0.1, -0.05) is 17.7 Å². The highest BCUT2D eigenvalue weighted by Crippen LogP contribution is 2.21. The number of nitriles is 1. The van der Waals surface area contributed by atoms with Gasteiger partial charge in [-0.15, -0.1) is 11.3 Å². The fraction of sp³-hybridized carbons (Fsp3) is 0.154. The van der Waals surface area contributed by atoms with Crippen molar-refractivity contribution in [3.05, 3.63) is 45.5 Å². The Bertz CT molecular complexity index is 755. The smallest absolute Gasteiger partial charge is 0.161 e. The highest BCUT2D eigenvalue weighted by molar-refractivity contribution is 7.09. The summed E-state index contributed by atoms with van der Waals surface area (Å²) in [4.78, 5) is 10.0. The molecule has 3 aromatic heterocycles. The standard InChI is InChI=1S/C13H9ClN4S/c14-9-6-11-13(16-8-9)18(4-3-15)12(17-11)7-10-2-1-5-19-10/h1-2,5-6,8H,4,7H2. The van der Waals surface area contributed by atoms with Crippen LogP contribution in [0.5, 0.6) is 0 Å². The Kier molecular flexibility index (Phi) is 3.20. The Balaban J connectivity index is 2.12. The summed E-state index contributed by atoms with van der Waals surface area (Å²) >= 11 is 7.60. The van der Waals surface area contributed by atoms with Gasteiger partial charge in [-0.05, 0) is 17.5 Å². The molecule has 0 aliphatic heterocycles. The zero-order valence-electron chi connectivity index (χ0n) is 9.88. The van der Waals surface area contributed by atoms with Crippen LogP contribution in [0.15, 0.2) is 29.8 Å². The summed E-state index contributed by atoms with van der Waals surface area (Å²) in [5, 5.41) is 11.5. The molecule has 19 heavy (non-hydrogen) atoms. The van der Waals surface area contributed by atoms with E-state index >= 15 is 0 Å². The number of aromatic nitrogens is 3. The number of hydrogen-bond acceptors (Lipinski definition) is 4. The van der Waals surface area contributed by atoms with Crippen LogP contribution in [0.2, 0.25) is 5.02 Å². The number of thiophene rings is 1. The zero-order valence-corrected chi connectivity index (χ0v) is 11.4. The number of hydrogen-bond donors (Lipinski definition) is 0. The minimum Gasteiger partial charge on any atom is -0.298 e. The first-order valence-corrected chi connectivity index (χ1v) is 6.93. The predicted octanol–water partition coefficient (Wildman–Crippen LogP) is 3.26. The molecule has 0 aromatic carbocycles. The minimum atomic E-state index is 0.242. The summed E-state index contributed by atoms with van der Waals surface area (Å²) < 4.78 is 1.84. The van der Waals surface area contributed by atoms with Crippen LogP contribution in [0.25, 0.3) is 11.2 Å². The van der Waals surface area contributed by atoms with Gasteiger partial charge in [0.1, 0.15) is 17.9 Å². The molecule has 3 heterocycles. The average molecular weight is 289 g/mol. The zero-order chi connectivity index (χ0) is 13.2. The number of nitrogens with zero attached hydrogens (tertiary/aromatic N) is 4. The SMILES string of the molecule is N#CCn1c(Cc2cccs2)nc2cc(Cl)cnc21. The molecular formula is C13H9ClN4S. The topological polar surface area (TPSA) is 54.5 Å². The van der Waals surface area contributed by atoms with Gasteiger partial charge in [-0.2, -0.15) is 5.26 Å². The van der Waals surface area contributed by atoms with E-state index in [4.69, 9.17) is 16.9 Å². The number of pyridine rings is 1. The third-order valence-electron chi connectivity index (χ3n) is 2.77. The Morgan fingerprint density at radius 3 is 3.11 bits per heavy atom. The van der Waals surface area contributed by atoms with Gasteiger partial charge in [0.15, 0.2) is 5.65 Å². The largest absolute Gasteiger partial charge is 0.298 e. The van der Waals surface area contributed by atoms with Gasteiger partial charge in [0.25, 0.3) is 0 Å². The van der Waals surface area contributed by atoms with Crippen molar-refractivity contribution in [2.45, 2.75) is 13.0 Å². The van der Waals surface area contributed by atoms with Gasteiger partial charge in [0.05, 0.1) is 11.1 Å². The van der Waals surface area contributed by atoms with Crippen LogP contribution in [-0.4, -0.2) is 14.5 Å². The molecule has 0 spiro atoms. The molecule has 0 amide bonds. The van der Waals surface area contributed by atoms with Crippen LogP contribution in [-0.2, 0) is 13.0 Å². The molecule has 0 aliphatic rings.